The van der Waals surface area contributed by atoms with Crippen LogP contribution in [-0.2, 0) is 5.92 Å². The van der Waals surface area contributed by atoms with E-state index in [-0.39, 0.29) is 29.8 Å². The largest absolute Gasteiger partial charge is 0.308 e. The molecule has 1 saturated carbocycles. The molecule has 1 aliphatic heterocycles. The molecule has 4 nitrogen and oxygen atoms in total. The molecule has 0 amide bonds. The molecule has 0 saturated heterocycles. The van der Waals surface area contributed by atoms with Gasteiger partial charge in [0.2, 0.25) is 11.6 Å². The zero-order valence-corrected chi connectivity index (χ0v) is 11.2. The molecule has 108 valence electrons. The van der Waals surface area contributed by atoms with Gasteiger partial charge in [-0.15, -0.1) is 5.10 Å². The Morgan fingerprint density at radius 3 is 2.62 bits per heavy atom. The van der Waals surface area contributed by atoms with E-state index in [1.807, 2.05) is 6.07 Å². The number of hydrogen-bond donors (Lipinski definition) is 0. The monoisotopic (exact) mass is 289 g/mol. The molecular formula is C15H13F2N3O. The molecule has 6 heteroatoms. The van der Waals surface area contributed by atoms with Gasteiger partial charge in [-0.05, 0) is 18.4 Å². The maximum absolute atomic E-state index is 14.1. The third kappa shape index (κ3) is 1.97. The van der Waals surface area contributed by atoms with Crippen molar-refractivity contribution in [3.05, 3.63) is 47.5 Å². The van der Waals surface area contributed by atoms with Crippen molar-refractivity contribution in [2.45, 2.75) is 31.2 Å². The summed E-state index contributed by atoms with van der Waals surface area (Å²) in [6.45, 7) is 0. The van der Waals surface area contributed by atoms with Crippen LogP contribution in [0.1, 0.15) is 47.3 Å². The molecule has 0 bridgehead atoms. The summed E-state index contributed by atoms with van der Waals surface area (Å²) in [6.07, 6.45) is 1.26. The van der Waals surface area contributed by atoms with Gasteiger partial charge in [-0.2, -0.15) is 8.78 Å². The maximum Gasteiger partial charge on any atom is 0.308 e. The summed E-state index contributed by atoms with van der Waals surface area (Å²) in [5.41, 5.74) is 0.756. The van der Waals surface area contributed by atoms with Crippen LogP contribution < -0.4 is 0 Å². The number of fused-ring (bicyclic) bond motifs is 1. The summed E-state index contributed by atoms with van der Waals surface area (Å²) < 4.78 is 29.5. The number of alkyl halides is 2. The second-order valence-corrected chi connectivity index (χ2v) is 5.68. The normalized spacial score (nSPS) is 23.0. The van der Waals surface area contributed by atoms with Crippen molar-refractivity contribution in [1.29, 1.82) is 0 Å². The first-order valence-corrected chi connectivity index (χ1v) is 7.00. The van der Waals surface area contributed by atoms with E-state index in [9.17, 15) is 13.6 Å². The summed E-state index contributed by atoms with van der Waals surface area (Å²) in [7, 11) is 0. The van der Waals surface area contributed by atoms with Gasteiger partial charge < -0.3 is 0 Å². The van der Waals surface area contributed by atoms with Crippen molar-refractivity contribution in [2.24, 2.45) is 5.92 Å². The second-order valence-electron chi connectivity index (χ2n) is 5.68. The molecular weight excluding hydrogens is 276 g/mol. The van der Waals surface area contributed by atoms with Crippen molar-refractivity contribution in [3.8, 4) is 0 Å². The number of carbonyl (C=O) groups is 1. The average molecular weight is 289 g/mol. The lowest BCUT2D eigenvalue weighted by Crippen LogP contribution is -2.13. The smallest absolute Gasteiger partial charge is 0.290 e. The number of ketones is 1. The lowest BCUT2D eigenvalue weighted by atomic mass is 10.0. The van der Waals surface area contributed by atoms with Crippen molar-refractivity contribution in [3.63, 3.8) is 0 Å². The van der Waals surface area contributed by atoms with Crippen molar-refractivity contribution >= 4 is 5.78 Å². The third-order valence-electron chi connectivity index (χ3n) is 4.06. The van der Waals surface area contributed by atoms with E-state index in [0.29, 0.717) is 0 Å². The van der Waals surface area contributed by atoms with Crippen LogP contribution in [0.2, 0.25) is 0 Å². The lowest BCUT2D eigenvalue weighted by molar-refractivity contribution is -0.00883. The summed E-state index contributed by atoms with van der Waals surface area (Å²) in [4.78, 5) is 15.8. The van der Waals surface area contributed by atoms with Crippen LogP contribution in [0.4, 0.5) is 8.78 Å². The van der Waals surface area contributed by atoms with E-state index in [1.54, 1.807) is 24.3 Å². The Labute approximate surface area is 119 Å². The van der Waals surface area contributed by atoms with Crippen molar-refractivity contribution in [1.82, 2.24) is 14.8 Å². The molecule has 1 aromatic heterocycles. The van der Waals surface area contributed by atoms with Gasteiger partial charge in [0, 0.05) is 12.3 Å². The first kappa shape index (κ1) is 12.6. The highest BCUT2D eigenvalue weighted by molar-refractivity contribution is 5.96. The number of benzene rings is 1. The molecule has 0 N–H and O–H groups in total. The van der Waals surface area contributed by atoms with Crippen LogP contribution >= 0.6 is 0 Å². The van der Waals surface area contributed by atoms with Gasteiger partial charge in [0.1, 0.15) is 0 Å². The zero-order chi connectivity index (χ0) is 14.6. The van der Waals surface area contributed by atoms with Gasteiger partial charge >= 0.3 is 5.92 Å². The zero-order valence-electron chi connectivity index (χ0n) is 11.2. The third-order valence-corrected chi connectivity index (χ3v) is 4.06. The molecule has 4 rings (SSSR count). The molecule has 0 radical (unpaired) electrons. The molecule has 21 heavy (non-hydrogen) atoms. The molecule has 1 atom stereocenters. The lowest BCUT2D eigenvalue weighted by Gasteiger charge is -2.11. The fraction of sp³-hybridized carbons (Fsp3) is 0.400. The van der Waals surface area contributed by atoms with Gasteiger partial charge in [0.05, 0.1) is 6.04 Å². The van der Waals surface area contributed by atoms with Gasteiger partial charge in [-0.3, -0.25) is 4.79 Å². The number of Topliss-reactive ketones (excluding diaryl/α,β-unsaturated/α-hetero) is 1. The molecule has 1 unspecified atom stereocenters. The van der Waals surface area contributed by atoms with Gasteiger partial charge in [-0.1, -0.05) is 30.3 Å². The Hall–Kier alpha value is -2.11. The topological polar surface area (TPSA) is 47.8 Å². The highest BCUT2D eigenvalue weighted by atomic mass is 19.3. The van der Waals surface area contributed by atoms with E-state index in [2.05, 4.69) is 10.1 Å². The highest BCUT2D eigenvalue weighted by Crippen LogP contribution is 2.45. The van der Waals surface area contributed by atoms with Crippen LogP contribution in [-0.4, -0.2) is 20.5 Å². The Kier molecular flexibility index (Phi) is 2.52. The molecule has 2 aromatic rings. The van der Waals surface area contributed by atoms with Crippen LogP contribution in [0.25, 0.3) is 0 Å². The number of carbonyl (C=O) groups excluding carboxylic acids is 1. The van der Waals surface area contributed by atoms with Crippen LogP contribution in [0.3, 0.4) is 0 Å². The number of hydrogen-bond acceptors (Lipinski definition) is 3. The Morgan fingerprint density at radius 2 is 1.95 bits per heavy atom. The van der Waals surface area contributed by atoms with Crippen molar-refractivity contribution in [2.75, 3.05) is 0 Å². The first-order chi connectivity index (χ1) is 10.1. The number of aromatic nitrogens is 3. The van der Waals surface area contributed by atoms with E-state index in [4.69, 9.17) is 0 Å². The van der Waals surface area contributed by atoms with Crippen LogP contribution in [0.15, 0.2) is 30.3 Å². The van der Waals surface area contributed by atoms with E-state index >= 15 is 0 Å². The van der Waals surface area contributed by atoms with Crippen LogP contribution in [0, 0.1) is 5.92 Å². The molecule has 2 heterocycles. The minimum atomic E-state index is -3.05. The van der Waals surface area contributed by atoms with Crippen LogP contribution in [0.5, 0.6) is 0 Å². The number of halogens is 2. The summed E-state index contributed by atoms with van der Waals surface area (Å²) in [5.74, 6) is -3.78. The summed E-state index contributed by atoms with van der Waals surface area (Å²) >= 11 is 0. The first-order valence-electron chi connectivity index (χ1n) is 7.00. The van der Waals surface area contributed by atoms with Gasteiger partial charge in [-0.25, -0.2) is 9.67 Å². The molecule has 0 spiro atoms. The molecule has 2 aliphatic rings. The molecule has 1 fully saturated rings. The minimum absolute atomic E-state index is 0.0622. The maximum atomic E-state index is 14.1. The average Bonchev–Trinajstić information content (AvgIpc) is 3.17. The quantitative estimate of drug-likeness (QED) is 0.816. The summed E-state index contributed by atoms with van der Waals surface area (Å²) in [5, 5.41) is 4.08. The fourth-order valence-electron chi connectivity index (χ4n) is 2.78. The molecule has 1 aromatic carbocycles. The predicted octanol–water partition coefficient (Wildman–Crippen LogP) is 2.96. The Morgan fingerprint density at radius 1 is 1.24 bits per heavy atom. The van der Waals surface area contributed by atoms with E-state index < -0.39 is 12.0 Å². The fourth-order valence-corrected chi connectivity index (χ4v) is 2.78. The van der Waals surface area contributed by atoms with Gasteiger partial charge in [0.25, 0.3) is 0 Å². The Bertz CT molecular complexity index is 707. The minimum Gasteiger partial charge on any atom is -0.290 e. The SMILES string of the molecule is O=C(c1nc2n(n1)C(c1ccccc1)CC2(F)F)C1CC1. The van der Waals surface area contributed by atoms with E-state index in [1.165, 1.54) is 4.68 Å². The van der Waals surface area contributed by atoms with E-state index in [0.717, 1.165) is 18.4 Å². The Balaban J connectivity index is 1.77. The number of rotatable bonds is 3. The molecule has 1 aliphatic carbocycles. The summed E-state index contributed by atoms with van der Waals surface area (Å²) in [6, 6.07) is 8.46. The second kappa shape index (κ2) is 4.19. The standard InChI is InChI=1S/C15H13F2N3O/c16-15(17)8-11(9-4-2-1-3-5-9)20-14(15)18-13(19-20)12(21)10-6-7-10/h1-5,10-11H,6-8H2. The highest BCUT2D eigenvalue weighted by Gasteiger charge is 2.49. The van der Waals surface area contributed by atoms with Crippen molar-refractivity contribution < 1.29 is 13.6 Å². The number of nitrogens with zero attached hydrogens (tertiary/aromatic N) is 3. The predicted molar refractivity (Wildman–Crippen MR) is 70.2 cm³/mol. The van der Waals surface area contributed by atoms with Gasteiger partial charge in [0.15, 0.2) is 5.82 Å².